The number of rotatable bonds is 6. The molecule has 17 heavy (non-hydrogen) atoms. The van der Waals surface area contributed by atoms with Gasteiger partial charge in [-0.15, -0.1) is 0 Å². The minimum atomic E-state index is 0.623. The second-order valence-electron chi connectivity index (χ2n) is 4.91. The van der Waals surface area contributed by atoms with E-state index < -0.39 is 0 Å². The van der Waals surface area contributed by atoms with Gasteiger partial charge in [0.05, 0.1) is 0 Å². The van der Waals surface area contributed by atoms with Gasteiger partial charge in [-0.25, -0.2) is 9.97 Å². The minimum Gasteiger partial charge on any atom is -0.319 e. The fourth-order valence-corrected chi connectivity index (χ4v) is 2.21. The second kappa shape index (κ2) is 6.70. The van der Waals surface area contributed by atoms with Gasteiger partial charge in [-0.1, -0.05) is 13.8 Å². The summed E-state index contributed by atoms with van der Waals surface area (Å²) >= 11 is 0. The Hall–Kier alpha value is -0.960. The van der Waals surface area contributed by atoms with Gasteiger partial charge in [0.1, 0.15) is 5.82 Å². The fraction of sp³-hybridized carbons (Fsp3) is 0.714. The van der Waals surface area contributed by atoms with E-state index in [1.807, 2.05) is 7.05 Å². The van der Waals surface area contributed by atoms with Crippen molar-refractivity contribution in [2.24, 2.45) is 5.92 Å². The summed E-state index contributed by atoms with van der Waals surface area (Å²) in [4.78, 5) is 9.21. The third-order valence-electron chi connectivity index (χ3n) is 3.05. The van der Waals surface area contributed by atoms with E-state index in [1.54, 1.807) is 0 Å². The van der Waals surface area contributed by atoms with Crippen molar-refractivity contribution in [1.82, 2.24) is 15.3 Å². The van der Waals surface area contributed by atoms with Crippen molar-refractivity contribution in [2.45, 2.75) is 47.0 Å². The Morgan fingerprint density at radius 3 is 2.24 bits per heavy atom. The van der Waals surface area contributed by atoms with Crippen LogP contribution in [0.15, 0.2) is 0 Å². The van der Waals surface area contributed by atoms with E-state index in [0.717, 1.165) is 43.0 Å². The number of hydrogen-bond acceptors (Lipinski definition) is 3. The van der Waals surface area contributed by atoms with E-state index in [1.165, 1.54) is 5.56 Å². The maximum Gasteiger partial charge on any atom is 0.128 e. The van der Waals surface area contributed by atoms with Crippen molar-refractivity contribution in [3.05, 3.63) is 22.8 Å². The molecule has 1 unspecified atom stereocenters. The maximum atomic E-state index is 4.61. The number of nitrogens with zero attached hydrogens (tertiary/aromatic N) is 2. The Labute approximate surface area is 105 Å². The van der Waals surface area contributed by atoms with Crippen LogP contribution in [0.25, 0.3) is 0 Å². The quantitative estimate of drug-likeness (QED) is 0.823. The summed E-state index contributed by atoms with van der Waals surface area (Å²) in [5, 5.41) is 3.22. The van der Waals surface area contributed by atoms with Crippen LogP contribution < -0.4 is 5.32 Å². The molecule has 0 saturated heterocycles. The Bertz CT molecular complexity index is 337. The molecule has 96 valence electrons. The predicted molar refractivity (Wildman–Crippen MR) is 72.3 cm³/mol. The third-order valence-corrected chi connectivity index (χ3v) is 3.05. The topological polar surface area (TPSA) is 37.8 Å². The van der Waals surface area contributed by atoms with E-state index in [-0.39, 0.29) is 0 Å². The number of aromatic nitrogens is 2. The molecule has 0 aliphatic heterocycles. The molecule has 0 aliphatic carbocycles. The van der Waals surface area contributed by atoms with E-state index in [0.29, 0.717) is 5.92 Å². The normalized spacial score (nSPS) is 12.8. The average molecular weight is 235 g/mol. The average Bonchev–Trinajstić information content (AvgIpc) is 2.24. The Morgan fingerprint density at radius 2 is 1.76 bits per heavy atom. The first-order valence-electron chi connectivity index (χ1n) is 6.56. The monoisotopic (exact) mass is 235 g/mol. The molecule has 0 amide bonds. The van der Waals surface area contributed by atoms with Gasteiger partial charge in [0.15, 0.2) is 0 Å². The van der Waals surface area contributed by atoms with Crippen molar-refractivity contribution in [3.8, 4) is 0 Å². The molecule has 1 N–H and O–H groups in total. The Balaban J connectivity index is 2.85. The molecule has 1 heterocycles. The van der Waals surface area contributed by atoms with Crippen LogP contribution in [0.1, 0.15) is 43.0 Å². The van der Waals surface area contributed by atoms with Crippen LogP contribution >= 0.6 is 0 Å². The van der Waals surface area contributed by atoms with Gasteiger partial charge in [-0.2, -0.15) is 0 Å². The predicted octanol–water partition coefficient (Wildman–Crippen LogP) is 2.44. The summed E-state index contributed by atoms with van der Waals surface area (Å²) in [6, 6.07) is 0. The first-order valence-corrected chi connectivity index (χ1v) is 6.56. The largest absolute Gasteiger partial charge is 0.319 e. The molecule has 3 nitrogen and oxygen atoms in total. The van der Waals surface area contributed by atoms with Crippen molar-refractivity contribution >= 4 is 0 Å². The van der Waals surface area contributed by atoms with Crippen molar-refractivity contribution < 1.29 is 0 Å². The molecule has 0 spiro atoms. The minimum absolute atomic E-state index is 0.623. The highest BCUT2D eigenvalue weighted by atomic mass is 14.9. The number of nitrogens with one attached hydrogen (secondary N) is 1. The smallest absolute Gasteiger partial charge is 0.128 e. The summed E-state index contributed by atoms with van der Waals surface area (Å²) < 4.78 is 0. The molecular weight excluding hydrogens is 210 g/mol. The maximum absolute atomic E-state index is 4.61. The van der Waals surface area contributed by atoms with Crippen molar-refractivity contribution in [3.63, 3.8) is 0 Å². The van der Waals surface area contributed by atoms with E-state index in [9.17, 15) is 0 Å². The summed E-state index contributed by atoms with van der Waals surface area (Å²) in [6.45, 7) is 9.67. The van der Waals surface area contributed by atoms with Crippen LogP contribution in [0, 0.1) is 19.8 Å². The molecule has 1 rings (SSSR count). The first kappa shape index (κ1) is 14.1. The summed E-state index contributed by atoms with van der Waals surface area (Å²) in [7, 11) is 2.00. The van der Waals surface area contributed by atoms with Gasteiger partial charge in [0.25, 0.3) is 0 Å². The zero-order valence-electron chi connectivity index (χ0n) is 11.8. The fourth-order valence-electron chi connectivity index (χ4n) is 2.21. The number of hydrogen-bond donors (Lipinski definition) is 1. The zero-order valence-corrected chi connectivity index (χ0v) is 11.8. The van der Waals surface area contributed by atoms with Crippen LogP contribution in [0.2, 0.25) is 0 Å². The van der Waals surface area contributed by atoms with Crippen molar-refractivity contribution in [2.75, 3.05) is 13.6 Å². The van der Waals surface area contributed by atoms with Crippen LogP contribution in [0.3, 0.4) is 0 Å². The van der Waals surface area contributed by atoms with Gasteiger partial charge in [0, 0.05) is 17.8 Å². The Kier molecular flexibility index (Phi) is 5.56. The lowest BCUT2D eigenvalue weighted by molar-refractivity contribution is 0.536. The molecular formula is C14H25N3. The van der Waals surface area contributed by atoms with Crippen LogP contribution in [0.4, 0.5) is 0 Å². The van der Waals surface area contributed by atoms with Gasteiger partial charge < -0.3 is 5.32 Å². The van der Waals surface area contributed by atoms with E-state index >= 15 is 0 Å². The summed E-state index contributed by atoms with van der Waals surface area (Å²) in [5.41, 5.74) is 3.64. The highest BCUT2D eigenvalue weighted by molar-refractivity contribution is 5.25. The molecule has 0 fully saturated rings. The van der Waals surface area contributed by atoms with Crippen molar-refractivity contribution in [1.29, 1.82) is 0 Å². The molecule has 0 aromatic carbocycles. The number of aryl methyl sites for hydroxylation is 3. The SMILES string of the molecule is CCCc1nc(C)c(CC(C)CNC)c(C)n1. The Morgan fingerprint density at radius 1 is 1.18 bits per heavy atom. The zero-order chi connectivity index (χ0) is 12.8. The standard InChI is InChI=1S/C14H25N3/c1-6-7-14-16-11(3)13(12(4)17-14)8-10(2)9-15-5/h10,15H,6-9H2,1-5H3. The van der Waals surface area contributed by atoms with Gasteiger partial charge >= 0.3 is 0 Å². The van der Waals surface area contributed by atoms with E-state index in [4.69, 9.17) is 0 Å². The van der Waals surface area contributed by atoms with Gasteiger partial charge in [0.2, 0.25) is 0 Å². The lowest BCUT2D eigenvalue weighted by Crippen LogP contribution is -2.19. The molecule has 1 atom stereocenters. The molecule has 1 aromatic rings. The molecule has 3 heteroatoms. The lowest BCUT2D eigenvalue weighted by Gasteiger charge is -2.15. The lowest BCUT2D eigenvalue weighted by atomic mass is 9.98. The molecule has 0 radical (unpaired) electrons. The highest BCUT2D eigenvalue weighted by Crippen LogP contribution is 2.15. The molecule has 0 aliphatic rings. The van der Waals surface area contributed by atoms with E-state index in [2.05, 4.69) is 43.0 Å². The molecule has 1 aromatic heterocycles. The second-order valence-corrected chi connectivity index (χ2v) is 4.91. The summed E-state index contributed by atoms with van der Waals surface area (Å²) in [6.07, 6.45) is 3.15. The van der Waals surface area contributed by atoms with Gasteiger partial charge in [-0.05, 0) is 51.8 Å². The molecule has 0 bridgehead atoms. The van der Waals surface area contributed by atoms with Crippen LogP contribution in [0.5, 0.6) is 0 Å². The highest BCUT2D eigenvalue weighted by Gasteiger charge is 2.11. The van der Waals surface area contributed by atoms with Gasteiger partial charge in [-0.3, -0.25) is 0 Å². The third kappa shape index (κ3) is 4.08. The molecule has 0 saturated carbocycles. The van der Waals surface area contributed by atoms with Crippen LogP contribution in [-0.4, -0.2) is 23.6 Å². The van der Waals surface area contributed by atoms with Crippen LogP contribution in [-0.2, 0) is 12.8 Å². The summed E-state index contributed by atoms with van der Waals surface area (Å²) in [5.74, 6) is 1.62. The first-order chi connectivity index (χ1) is 8.08.